The molecule has 4 heteroatoms. The SMILES string of the molecule is CC(C)=C/C=C\c1coc2c(N(c3ccccc3C)c3ccc4ccc5c(N(c6ccccc6C)c6cccc7c6oc6c(C)cccc67)ccc6ccc3c4c65)cccc12. The highest BCUT2D eigenvalue weighted by Gasteiger charge is 2.26. The van der Waals surface area contributed by atoms with Gasteiger partial charge in [0.1, 0.15) is 5.58 Å². The topological polar surface area (TPSA) is 32.8 Å². The van der Waals surface area contributed by atoms with Crippen LogP contribution >= 0.6 is 0 Å². The molecule has 0 saturated carbocycles. The zero-order chi connectivity index (χ0) is 41.4. The minimum atomic E-state index is 0.847. The van der Waals surface area contributed by atoms with Crippen LogP contribution in [-0.2, 0) is 0 Å². The molecule has 0 amide bonds. The van der Waals surface area contributed by atoms with Gasteiger partial charge in [-0.3, -0.25) is 0 Å². The van der Waals surface area contributed by atoms with Crippen LogP contribution in [0.1, 0.15) is 36.1 Å². The van der Waals surface area contributed by atoms with E-state index in [4.69, 9.17) is 8.83 Å². The van der Waals surface area contributed by atoms with Crippen molar-refractivity contribution in [2.45, 2.75) is 34.6 Å². The quantitative estimate of drug-likeness (QED) is 0.113. The number of furan rings is 2. The number of aryl methyl sites for hydroxylation is 3. The lowest BCUT2D eigenvalue weighted by Crippen LogP contribution is -2.13. The van der Waals surface area contributed by atoms with Crippen molar-refractivity contribution >= 4 is 105 Å². The number of rotatable bonds is 8. The zero-order valence-corrected chi connectivity index (χ0v) is 35.0. The Hall–Kier alpha value is -7.56. The number of anilines is 6. The van der Waals surface area contributed by atoms with Crippen LogP contribution in [-0.4, -0.2) is 0 Å². The van der Waals surface area contributed by atoms with E-state index < -0.39 is 0 Å². The summed E-state index contributed by atoms with van der Waals surface area (Å²) in [7, 11) is 0. The molecule has 0 atom stereocenters. The number of hydrogen-bond donors (Lipinski definition) is 0. The van der Waals surface area contributed by atoms with E-state index in [1.807, 2.05) is 6.26 Å². The maximum Gasteiger partial charge on any atom is 0.159 e. The number of para-hydroxylation sites is 5. The lowest BCUT2D eigenvalue weighted by molar-refractivity contribution is 0.615. The Kier molecular flexibility index (Phi) is 8.57. The Morgan fingerprint density at radius 2 is 0.918 bits per heavy atom. The molecule has 2 heterocycles. The van der Waals surface area contributed by atoms with Crippen molar-refractivity contribution in [2.75, 3.05) is 9.80 Å². The van der Waals surface area contributed by atoms with Crippen molar-refractivity contribution in [2.24, 2.45) is 0 Å². The minimum Gasteiger partial charge on any atom is -0.461 e. The van der Waals surface area contributed by atoms with E-state index in [9.17, 15) is 0 Å². The second-order valence-corrected chi connectivity index (χ2v) is 16.5. The number of hydrogen-bond acceptors (Lipinski definition) is 4. The first-order valence-electron chi connectivity index (χ1n) is 21.0. The summed E-state index contributed by atoms with van der Waals surface area (Å²) in [5, 5.41) is 10.5. The first kappa shape index (κ1) is 36.5. The first-order chi connectivity index (χ1) is 29.9. The second-order valence-electron chi connectivity index (χ2n) is 16.5. The zero-order valence-electron chi connectivity index (χ0n) is 35.0. The van der Waals surface area contributed by atoms with Crippen LogP contribution in [0.25, 0.3) is 71.3 Å². The summed E-state index contributed by atoms with van der Waals surface area (Å²) in [5.74, 6) is 0. The molecular weight excluding hydrogens is 745 g/mol. The van der Waals surface area contributed by atoms with Crippen molar-refractivity contribution in [1.29, 1.82) is 0 Å². The van der Waals surface area contributed by atoms with E-state index >= 15 is 0 Å². The molecule has 2 aromatic heterocycles. The van der Waals surface area contributed by atoms with Crippen molar-refractivity contribution in [3.63, 3.8) is 0 Å². The van der Waals surface area contributed by atoms with E-state index in [0.29, 0.717) is 0 Å². The fourth-order valence-electron chi connectivity index (χ4n) is 9.40. The van der Waals surface area contributed by atoms with E-state index in [1.54, 1.807) is 0 Å². The Morgan fingerprint density at radius 3 is 1.51 bits per heavy atom. The largest absolute Gasteiger partial charge is 0.461 e. The normalized spacial score (nSPS) is 12.0. The van der Waals surface area contributed by atoms with Crippen LogP contribution in [0, 0.1) is 20.8 Å². The van der Waals surface area contributed by atoms with Gasteiger partial charge in [-0.15, -0.1) is 0 Å². The van der Waals surface area contributed by atoms with Crippen LogP contribution in [0.15, 0.2) is 184 Å². The van der Waals surface area contributed by atoms with Crippen molar-refractivity contribution in [3.05, 3.63) is 198 Å². The van der Waals surface area contributed by atoms with Crippen LogP contribution < -0.4 is 9.80 Å². The molecule has 4 nitrogen and oxygen atoms in total. The molecule has 0 radical (unpaired) electrons. The first-order valence-corrected chi connectivity index (χ1v) is 21.0. The van der Waals surface area contributed by atoms with Gasteiger partial charge in [-0.1, -0.05) is 139 Å². The van der Waals surface area contributed by atoms with Gasteiger partial charge in [0.2, 0.25) is 0 Å². The van der Waals surface area contributed by atoms with Crippen molar-refractivity contribution in [3.8, 4) is 0 Å². The Bertz CT molecular complexity index is 3560. The maximum atomic E-state index is 6.84. The summed E-state index contributed by atoms with van der Waals surface area (Å²) in [6, 6.07) is 55.0. The van der Waals surface area contributed by atoms with Crippen LogP contribution in [0.3, 0.4) is 0 Å². The molecule has 0 N–H and O–H groups in total. The lowest BCUT2D eigenvalue weighted by atomic mass is 9.91. The molecule has 0 aliphatic heterocycles. The molecule has 0 fully saturated rings. The van der Waals surface area contributed by atoms with Crippen LogP contribution in [0.2, 0.25) is 0 Å². The van der Waals surface area contributed by atoms with Gasteiger partial charge < -0.3 is 18.6 Å². The smallest absolute Gasteiger partial charge is 0.159 e. The molecule has 0 bridgehead atoms. The molecule has 0 spiro atoms. The highest BCUT2D eigenvalue weighted by molar-refractivity contribution is 6.28. The third kappa shape index (κ3) is 5.82. The number of benzene rings is 9. The summed E-state index contributed by atoms with van der Waals surface area (Å²) >= 11 is 0. The Morgan fingerprint density at radius 1 is 0.426 bits per heavy atom. The number of allylic oxidation sites excluding steroid dienone is 3. The average Bonchev–Trinajstić information content (AvgIpc) is 3.88. The van der Waals surface area contributed by atoms with Gasteiger partial charge >= 0.3 is 0 Å². The molecule has 0 aliphatic rings. The van der Waals surface area contributed by atoms with Gasteiger partial charge in [-0.2, -0.15) is 0 Å². The average molecular weight is 789 g/mol. The third-order valence-electron chi connectivity index (χ3n) is 12.3. The highest BCUT2D eigenvalue weighted by atomic mass is 16.3. The fraction of sp³-hybridized carbons (Fsp3) is 0.0877. The van der Waals surface area contributed by atoms with E-state index in [2.05, 4.69) is 214 Å². The van der Waals surface area contributed by atoms with E-state index in [1.165, 1.54) is 49.0 Å². The summed E-state index contributed by atoms with van der Waals surface area (Å²) in [6.07, 6.45) is 8.22. The summed E-state index contributed by atoms with van der Waals surface area (Å²) in [4.78, 5) is 4.80. The van der Waals surface area contributed by atoms with Gasteiger partial charge in [-0.25, -0.2) is 0 Å². The third-order valence-corrected chi connectivity index (χ3v) is 12.3. The predicted molar refractivity (Wildman–Crippen MR) is 259 cm³/mol. The molecule has 11 rings (SSSR count). The Balaban J connectivity index is 1.17. The number of fused-ring (bicyclic) bond motifs is 4. The van der Waals surface area contributed by atoms with Crippen LogP contribution in [0.5, 0.6) is 0 Å². The van der Waals surface area contributed by atoms with Gasteiger partial charge in [0.05, 0.1) is 29.0 Å². The van der Waals surface area contributed by atoms with E-state index in [0.717, 1.165) is 78.2 Å². The van der Waals surface area contributed by atoms with Gasteiger partial charge in [0.15, 0.2) is 11.2 Å². The molecule has 0 aliphatic carbocycles. The maximum absolute atomic E-state index is 6.84. The molecule has 0 unspecified atom stereocenters. The Labute approximate surface area is 355 Å². The molecule has 294 valence electrons. The molecule has 11 aromatic rings. The summed E-state index contributed by atoms with van der Waals surface area (Å²) < 4.78 is 13.3. The summed E-state index contributed by atoms with van der Waals surface area (Å²) in [5.41, 5.74) is 14.8. The van der Waals surface area contributed by atoms with Crippen molar-refractivity contribution < 1.29 is 8.83 Å². The second kappa shape index (κ2) is 14.3. The van der Waals surface area contributed by atoms with Gasteiger partial charge in [0.25, 0.3) is 0 Å². The van der Waals surface area contributed by atoms with Gasteiger partial charge in [0, 0.05) is 43.9 Å². The van der Waals surface area contributed by atoms with Crippen LogP contribution in [0.4, 0.5) is 34.1 Å². The molecule has 9 aromatic carbocycles. The predicted octanol–water partition coefficient (Wildman–Crippen LogP) is 17.1. The molecular formula is C57H44N2O2. The lowest BCUT2D eigenvalue weighted by Gasteiger charge is -2.30. The fourth-order valence-corrected chi connectivity index (χ4v) is 9.40. The highest BCUT2D eigenvalue weighted by Crippen LogP contribution is 2.50. The molecule has 61 heavy (non-hydrogen) atoms. The standard InChI is InChI=1S/C57H44N2O2/c1-35(2)14-10-18-41-34-60-56-42(41)19-12-24-51(56)58(47-22-8-6-15-36(47)3)49-32-28-39-27-31-46-50(33-29-40-26-30-45(49)53(39)54(40)46)59(48-23-9-7-16-37(48)4)52-25-13-21-44-43-20-11-17-38(5)55(43)61-57(44)52/h6-34H,1-5H3/b18-10-. The van der Waals surface area contributed by atoms with Gasteiger partial charge in [-0.05, 0) is 109 Å². The molecule has 0 saturated heterocycles. The minimum absolute atomic E-state index is 0.847. The van der Waals surface area contributed by atoms with E-state index in [-0.39, 0.29) is 0 Å². The monoisotopic (exact) mass is 788 g/mol. The summed E-state index contributed by atoms with van der Waals surface area (Å²) in [6.45, 7) is 10.7. The number of nitrogens with zero attached hydrogens (tertiary/aromatic N) is 2. The van der Waals surface area contributed by atoms with Crippen molar-refractivity contribution in [1.82, 2.24) is 0 Å².